The molecule has 1 aromatic carbocycles. The fourth-order valence-electron chi connectivity index (χ4n) is 5.21. The Morgan fingerprint density at radius 3 is 2.91 bits per heavy atom. The molecule has 1 saturated heterocycles. The molecule has 2 bridgehead atoms. The number of ketones is 1. The first-order valence-electron chi connectivity index (χ1n) is 7.85. The van der Waals surface area contributed by atoms with Gasteiger partial charge in [-0.15, -0.1) is 0 Å². The zero-order valence-corrected chi connectivity index (χ0v) is 14.3. The van der Waals surface area contributed by atoms with Gasteiger partial charge in [0.25, 0.3) is 0 Å². The number of nitrogens with zero attached hydrogens (tertiary/aromatic N) is 1. The van der Waals surface area contributed by atoms with Crippen LogP contribution in [0.25, 0.3) is 0 Å². The average molecular weight is 368 g/mol. The van der Waals surface area contributed by atoms with Crippen LogP contribution >= 0.6 is 0 Å². The maximum Gasteiger partial charge on any atom is 0.133 e. The summed E-state index contributed by atoms with van der Waals surface area (Å²) in [6.07, 6.45) is 3.60. The Labute approximate surface area is 141 Å². The molecule has 1 unspecified atom stereocenters. The number of hydrogen-bond acceptors (Lipinski definition) is 3. The minimum Gasteiger partial charge on any atom is -1.00 e. The van der Waals surface area contributed by atoms with E-state index in [0.717, 1.165) is 24.0 Å². The van der Waals surface area contributed by atoms with Gasteiger partial charge in [-0.25, -0.2) is 5.21 Å². The first kappa shape index (κ1) is 16.0. The van der Waals surface area contributed by atoms with Crippen molar-refractivity contribution in [3.8, 4) is 5.75 Å². The molecule has 4 rings (SSSR count). The standard InChI is InChI=1S/C17H21NO3.BrH/c1-18(21)8-7-17-10-11(19)5-6-14(17)15(18)9-12-13(17)3-2-4-16(12)20;/h2-4,14-15,21H,5-10H2,1H3;1H/t14-,15+,17+,18?;/m0./s1. The third-order valence-electron chi connectivity index (χ3n) is 6.25. The molecule has 4 atom stereocenters. The SMILES string of the molecule is C[N+]1(O)CC[C@]23CC(=O)CC[C@H]2[C@H]1Cc1c(O)cccc13.[Br-]. The van der Waals surface area contributed by atoms with E-state index in [1.54, 1.807) is 6.07 Å². The molecule has 5 heteroatoms. The normalized spacial score (nSPS) is 39.5. The number of benzene rings is 1. The number of likely N-dealkylation sites (N-methyl/N-ethyl adjacent to an activating group) is 1. The lowest BCUT2D eigenvalue weighted by Crippen LogP contribution is -3.00. The highest BCUT2D eigenvalue weighted by Gasteiger charge is 2.61. The Bertz CT molecular complexity index is 630. The van der Waals surface area contributed by atoms with Crippen LogP contribution in [0.5, 0.6) is 5.75 Å². The fourth-order valence-corrected chi connectivity index (χ4v) is 5.21. The van der Waals surface area contributed by atoms with Crippen molar-refractivity contribution in [2.45, 2.75) is 43.6 Å². The van der Waals surface area contributed by atoms with Gasteiger partial charge in [0.1, 0.15) is 24.1 Å². The van der Waals surface area contributed by atoms with E-state index in [2.05, 4.69) is 6.07 Å². The lowest BCUT2D eigenvalue weighted by Gasteiger charge is -2.58. The summed E-state index contributed by atoms with van der Waals surface area (Å²) in [6, 6.07) is 5.79. The van der Waals surface area contributed by atoms with Crippen LogP contribution in [0.2, 0.25) is 0 Å². The molecule has 1 saturated carbocycles. The quantitative estimate of drug-likeness (QED) is 0.588. The minimum atomic E-state index is -0.160. The van der Waals surface area contributed by atoms with Crippen LogP contribution in [0.1, 0.15) is 36.8 Å². The lowest BCUT2D eigenvalue weighted by molar-refractivity contribution is -1.11. The zero-order valence-electron chi connectivity index (χ0n) is 12.8. The summed E-state index contributed by atoms with van der Waals surface area (Å²) in [5, 5.41) is 21.0. The van der Waals surface area contributed by atoms with Crippen LogP contribution in [0.4, 0.5) is 0 Å². The Morgan fingerprint density at radius 2 is 2.14 bits per heavy atom. The monoisotopic (exact) mass is 367 g/mol. The number of piperidine rings is 1. The van der Waals surface area contributed by atoms with Gasteiger partial charge < -0.3 is 22.1 Å². The van der Waals surface area contributed by atoms with Gasteiger partial charge in [0.2, 0.25) is 0 Å². The molecule has 0 aromatic heterocycles. The van der Waals surface area contributed by atoms with Crippen molar-refractivity contribution in [3.63, 3.8) is 0 Å². The number of fused-ring (bicyclic) bond motifs is 1. The van der Waals surface area contributed by atoms with Crippen LogP contribution in [0.3, 0.4) is 0 Å². The summed E-state index contributed by atoms with van der Waals surface area (Å²) in [5.41, 5.74) is 1.95. The van der Waals surface area contributed by atoms with Crippen LogP contribution in [-0.2, 0) is 16.6 Å². The van der Waals surface area contributed by atoms with Gasteiger partial charge in [0, 0.05) is 42.6 Å². The van der Waals surface area contributed by atoms with E-state index in [1.807, 2.05) is 13.1 Å². The molecule has 2 aliphatic carbocycles. The summed E-state index contributed by atoms with van der Waals surface area (Å²) in [5.74, 6) is 0.985. The van der Waals surface area contributed by atoms with Crippen molar-refractivity contribution in [2.24, 2.45) is 5.92 Å². The Kier molecular flexibility index (Phi) is 3.66. The molecule has 1 aromatic rings. The van der Waals surface area contributed by atoms with Gasteiger partial charge in [-0.1, -0.05) is 12.1 Å². The van der Waals surface area contributed by atoms with E-state index in [4.69, 9.17) is 0 Å². The predicted octanol–water partition coefficient (Wildman–Crippen LogP) is -0.833. The number of hydroxylamine groups is 3. The van der Waals surface area contributed by atoms with Gasteiger partial charge in [0.15, 0.2) is 0 Å². The van der Waals surface area contributed by atoms with Crippen LogP contribution in [0.15, 0.2) is 18.2 Å². The first-order valence-corrected chi connectivity index (χ1v) is 7.85. The van der Waals surface area contributed by atoms with Gasteiger partial charge in [-0.3, -0.25) is 4.79 Å². The van der Waals surface area contributed by atoms with Gasteiger partial charge >= 0.3 is 0 Å². The highest BCUT2D eigenvalue weighted by molar-refractivity contribution is 5.81. The maximum absolute atomic E-state index is 12.1. The molecule has 120 valence electrons. The minimum absolute atomic E-state index is 0. The van der Waals surface area contributed by atoms with E-state index in [9.17, 15) is 15.1 Å². The summed E-state index contributed by atoms with van der Waals surface area (Å²) >= 11 is 0. The number of likely N-dealkylation sites (tertiary alicyclic amines) is 1. The number of quaternary nitrogens is 1. The molecule has 2 N–H and O–H groups in total. The van der Waals surface area contributed by atoms with Crippen molar-refractivity contribution in [3.05, 3.63) is 29.3 Å². The molecule has 0 spiro atoms. The number of Topliss-reactive ketones (excluding diaryl/α,β-unsaturated/α-hetero) is 1. The molecular formula is C17H22BrNO3. The van der Waals surface area contributed by atoms with Crippen LogP contribution in [-0.4, -0.2) is 40.4 Å². The number of halogens is 1. The Morgan fingerprint density at radius 1 is 1.36 bits per heavy atom. The second-order valence-corrected chi connectivity index (χ2v) is 7.28. The molecule has 0 amide bonds. The molecular weight excluding hydrogens is 346 g/mol. The van der Waals surface area contributed by atoms with E-state index >= 15 is 0 Å². The summed E-state index contributed by atoms with van der Waals surface area (Å²) in [6.45, 7) is 0.684. The third kappa shape index (κ3) is 1.99. The molecule has 2 fully saturated rings. The molecule has 1 heterocycles. The van der Waals surface area contributed by atoms with Crippen LogP contribution in [0, 0.1) is 5.92 Å². The van der Waals surface area contributed by atoms with E-state index in [0.29, 0.717) is 43.3 Å². The second-order valence-electron chi connectivity index (χ2n) is 7.28. The molecule has 1 aliphatic heterocycles. The smallest absolute Gasteiger partial charge is 0.133 e. The number of carbonyl (C=O) groups excluding carboxylic acids is 1. The number of carbonyl (C=O) groups is 1. The summed E-state index contributed by atoms with van der Waals surface area (Å²) in [7, 11) is 1.87. The highest BCUT2D eigenvalue weighted by Crippen LogP contribution is 2.57. The molecule has 4 nitrogen and oxygen atoms in total. The summed E-state index contributed by atoms with van der Waals surface area (Å²) < 4.78 is 0.0222. The van der Waals surface area contributed by atoms with Crippen molar-refractivity contribution in [1.82, 2.24) is 0 Å². The largest absolute Gasteiger partial charge is 1.00 e. The van der Waals surface area contributed by atoms with E-state index in [-0.39, 0.29) is 33.1 Å². The van der Waals surface area contributed by atoms with Crippen molar-refractivity contribution < 1.29 is 36.7 Å². The average Bonchev–Trinajstić information content (AvgIpc) is 2.44. The predicted molar refractivity (Wildman–Crippen MR) is 77.1 cm³/mol. The third-order valence-corrected chi connectivity index (χ3v) is 6.25. The number of aromatic hydroxyl groups is 1. The molecule has 3 aliphatic rings. The Balaban J connectivity index is 0.00000144. The zero-order chi connectivity index (χ0) is 14.8. The second kappa shape index (κ2) is 5.05. The highest BCUT2D eigenvalue weighted by atomic mass is 79.9. The van der Waals surface area contributed by atoms with Gasteiger partial charge in [-0.05, 0) is 18.1 Å². The number of phenols is 1. The number of rotatable bonds is 0. The Hall–Kier alpha value is -0.910. The van der Waals surface area contributed by atoms with Gasteiger partial charge in [0.05, 0.1) is 7.05 Å². The van der Waals surface area contributed by atoms with Crippen molar-refractivity contribution in [1.29, 1.82) is 0 Å². The maximum atomic E-state index is 12.1. The first-order chi connectivity index (χ1) is 9.94. The topological polar surface area (TPSA) is 57.5 Å². The fraction of sp³-hybridized carbons (Fsp3) is 0.588. The summed E-state index contributed by atoms with van der Waals surface area (Å²) in [4.78, 5) is 12.1. The van der Waals surface area contributed by atoms with E-state index in [1.165, 1.54) is 0 Å². The molecule has 22 heavy (non-hydrogen) atoms. The van der Waals surface area contributed by atoms with E-state index < -0.39 is 0 Å². The van der Waals surface area contributed by atoms with Crippen molar-refractivity contribution >= 4 is 5.78 Å². The van der Waals surface area contributed by atoms with Crippen molar-refractivity contribution in [2.75, 3.05) is 13.6 Å². The lowest BCUT2D eigenvalue weighted by atomic mass is 9.52. The van der Waals surface area contributed by atoms with Crippen LogP contribution < -0.4 is 17.0 Å². The number of phenolic OH excluding ortho intramolecular Hbond substituents is 1. The van der Waals surface area contributed by atoms with Gasteiger partial charge in [-0.2, -0.15) is 4.65 Å². The molecule has 0 radical (unpaired) electrons. The number of hydrogen-bond donors (Lipinski definition) is 2.